The first-order valence-electron chi connectivity index (χ1n) is 9.75. The van der Waals surface area contributed by atoms with E-state index in [0.717, 1.165) is 11.6 Å². The van der Waals surface area contributed by atoms with Gasteiger partial charge in [-0.3, -0.25) is 9.59 Å². The Balaban J connectivity index is 2.10. The third kappa shape index (κ3) is 5.98. The highest BCUT2D eigenvalue weighted by atomic mass is 35.5. The Labute approximate surface area is 195 Å². The summed E-state index contributed by atoms with van der Waals surface area (Å²) >= 11 is 6.04. The van der Waals surface area contributed by atoms with Gasteiger partial charge < -0.3 is 9.84 Å². The van der Waals surface area contributed by atoms with Gasteiger partial charge in [-0.05, 0) is 49.7 Å². The minimum absolute atomic E-state index is 0.0791. The van der Waals surface area contributed by atoms with Gasteiger partial charge in [0, 0.05) is 17.5 Å². The Morgan fingerprint density at radius 1 is 1.21 bits per heavy atom. The second-order valence-electron chi connectivity index (χ2n) is 7.87. The first kappa shape index (κ1) is 24.4. The topological polar surface area (TPSA) is 128 Å². The fourth-order valence-corrected chi connectivity index (χ4v) is 4.06. The number of nitrogens with zero attached hydrogens (tertiary/aromatic N) is 2. The molecule has 0 unspecified atom stereocenters. The third-order valence-corrected chi connectivity index (χ3v) is 5.99. The van der Waals surface area contributed by atoms with Crippen LogP contribution in [-0.2, 0) is 14.8 Å². The van der Waals surface area contributed by atoms with E-state index in [-0.39, 0.29) is 17.3 Å². The van der Waals surface area contributed by atoms with E-state index < -0.39 is 27.1 Å². The lowest BCUT2D eigenvalue weighted by Gasteiger charge is -2.19. The monoisotopic (exact) mass is 491 g/mol. The van der Waals surface area contributed by atoms with E-state index in [0.29, 0.717) is 21.8 Å². The summed E-state index contributed by atoms with van der Waals surface area (Å²) in [6, 6.07) is 12.1. The zero-order chi connectivity index (χ0) is 24.4. The van der Waals surface area contributed by atoms with Crippen molar-refractivity contribution in [2.24, 2.45) is 0 Å². The van der Waals surface area contributed by atoms with Crippen LogP contribution in [-0.4, -0.2) is 41.4 Å². The molecule has 11 heteroatoms. The van der Waals surface area contributed by atoms with Gasteiger partial charge in [0.2, 0.25) is 5.91 Å². The van der Waals surface area contributed by atoms with Crippen molar-refractivity contribution in [2.75, 3.05) is 6.61 Å². The van der Waals surface area contributed by atoms with E-state index in [1.165, 1.54) is 44.3 Å². The van der Waals surface area contributed by atoms with Crippen LogP contribution in [0.5, 0.6) is 5.75 Å². The van der Waals surface area contributed by atoms with Gasteiger partial charge in [0.1, 0.15) is 6.61 Å². The van der Waals surface area contributed by atoms with E-state index in [1.54, 1.807) is 24.3 Å². The summed E-state index contributed by atoms with van der Waals surface area (Å²) < 4.78 is 33.1. The summed E-state index contributed by atoms with van der Waals surface area (Å²) in [6.45, 7) is 3.98. The normalized spacial score (nSPS) is 11.8. The maximum absolute atomic E-state index is 13.2. The average Bonchev–Trinajstić information content (AvgIpc) is 2.71. The van der Waals surface area contributed by atoms with Gasteiger partial charge >= 0.3 is 5.56 Å². The molecule has 0 aliphatic heterocycles. The van der Waals surface area contributed by atoms with Crippen LogP contribution in [0.4, 0.5) is 0 Å². The number of nitrogens with one attached hydrogen (secondary N) is 1. The number of ether oxygens (including phenoxy) is 1. The number of halogens is 1. The van der Waals surface area contributed by atoms with E-state index in [1.807, 2.05) is 4.72 Å². The second-order valence-corrected chi connectivity index (χ2v) is 9.99. The molecule has 1 amide bonds. The van der Waals surface area contributed by atoms with Crippen molar-refractivity contribution in [1.82, 2.24) is 14.5 Å². The van der Waals surface area contributed by atoms with Crippen molar-refractivity contribution in [2.45, 2.75) is 31.3 Å². The van der Waals surface area contributed by atoms with Crippen LogP contribution >= 0.6 is 11.6 Å². The number of hydrogen-bond donors (Lipinski definition) is 2. The Kier molecular flexibility index (Phi) is 6.92. The molecule has 0 bridgehead atoms. The quantitative estimate of drug-likeness (QED) is 0.519. The maximum Gasteiger partial charge on any atom is 0.314 e. The lowest BCUT2D eigenvalue weighted by Crippen LogP contribution is -2.31. The Bertz CT molecular complexity index is 1350. The highest BCUT2D eigenvalue weighted by molar-refractivity contribution is 7.90. The van der Waals surface area contributed by atoms with Crippen LogP contribution in [0, 0.1) is 0 Å². The molecule has 33 heavy (non-hydrogen) atoms. The second kappa shape index (κ2) is 9.34. The number of carbonyl (C=O) groups is 1. The molecule has 174 valence electrons. The minimum Gasteiger partial charge on any atom is -0.484 e. The van der Waals surface area contributed by atoms with E-state index in [9.17, 15) is 23.1 Å². The summed E-state index contributed by atoms with van der Waals surface area (Å²) in [5.74, 6) is -0.792. The Morgan fingerprint density at radius 3 is 2.45 bits per heavy atom. The van der Waals surface area contributed by atoms with Gasteiger partial charge in [-0.2, -0.15) is 9.78 Å². The highest BCUT2D eigenvalue weighted by Crippen LogP contribution is 2.28. The summed E-state index contributed by atoms with van der Waals surface area (Å²) in [7, 11) is -4.01. The highest BCUT2D eigenvalue weighted by Gasteiger charge is 2.21. The zero-order valence-corrected chi connectivity index (χ0v) is 19.6. The third-order valence-electron chi connectivity index (χ3n) is 4.31. The van der Waals surface area contributed by atoms with Gasteiger partial charge in [-0.15, -0.1) is 0 Å². The molecular weight excluding hydrogens is 470 g/mol. The molecule has 0 aliphatic carbocycles. The molecule has 0 spiro atoms. The molecule has 9 nitrogen and oxygen atoms in total. The maximum atomic E-state index is 13.2. The lowest BCUT2D eigenvalue weighted by molar-refractivity contribution is -0.117. The minimum atomic E-state index is -4.01. The van der Waals surface area contributed by atoms with E-state index >= 15 is 0 Å². The molecule has 0 saturated heterocycles. The Hall–Kier alpha value is -3.21. The van der Waals surface area contributed by atoms with E-state index in [2.05, 4.69) is 5.10 Å². The smallest absolute Gasteiger partial charge is 0.314 e. The van der Waals surface area contributed by atoms with Crippen molar-refractivity contribution >= 4 is 27.5 Å². The SMILES string of the molecule is CC(=O)NS(=O)(=O)c1ccc(-c2cnn(-c3cccc(Cl)c3)c(=O)c2OCC(C)(C)O)cc1. The van der Waals surface area contributed by atoms with Crippen molar-refractivity contribution < 1.29 is 23.1 Å². The molecule has 2 N–H and O–H groups in total. The summed E-state index contributed by atoms with van der Waals surface area (Å²) in [4.78, 5) is 24.3. The standard InChI is InChI=1S/C22H22ClN3O6S/c1-14(27)25-33(30,31)18-9-7-15(8-10-18)19-12-24-26(17-6-4-5-16(23)11-17)21(28)20(19)32-13-22(2,3)29/h4-12,29H,13H2,1-3H3,(H,25,27). The molecule has 3 rings (SSSR count). The van der Waals surface area contributed by atoms with Crippen molar-refractivity contribution in [3.05, 3.63) is 70.1 Å². The van der Waals surface area contributed by atoms with Crippen LogP contribution in [0.15, 0.2) is 64.4 Å². The number of hydrogen-bond acceptors (Lipinski definition) is 7. The van der Waals surface area contributed by atoms with E-state index in [4.69, 9.17) is 16.3 Å². The number of carbonyl (C=O) groups excluding carboxylic acids is 1. The predicted molar refractivity (Wildman–Crippen MR) is 123 cm³/mol. The first-order chi connectivity index (χ1) is 15.4. The van der Waals surface area contributed by atoms with Crippen LogP contribution < -0.4 is 15.0 Å². The molecule has 1 aromatic heterocycles. The predicted octanol–water partition coefficient (Wildman–Crippen LogP) is 2.53. The fourth-order valence-electron chi connectivity index (χ4n) is 2.89. The van der Waals surface area contributed by atoms with Crippen LogP contribution in [0.3, 0.4) is 0 Å². The molecule has 0 fully saturated rings. The molecule has 1 heterocycles. The van der Waals surface area contributed by atoms with Gasteiger partial charge in [0.05, 0.1) is 22.4 Å². The molecule has 0 saturated carbocycles. The first-order valence-corrected chi connectivity index (χ1v) is 11.6. The lowest BCUT2D eigenvalue weighted by atomic mass is 10.1. The molecule has 3 aromatic rings. The number of benzene rings is 2. The molecule has 0 atom stereocenters. The molecule has 0 radical (unpaired) electrons. The molecule has 0 aliphatic rings. The summed E-state index contributed by atoms with van der Waals surface area (Å²) in [5, 5.41) is 14.7. The fraction of sp³-hybridized carbons (Fsp3) is 0.227. The number of sulfonamides is 1. The van der Waals surface area contributed by atoms with Crippen LogP contribution in [0.2, 0.25) is 5.02 Å². The number of aromatic nitrogens is 2. The largest absolute Gasteiger partial charge is 0.484 e. The molecular formula is C22H22ClN3O6S. The van der Waals surface area contributed by atoms with Gasteiger partial charge in [0.15, 0.2) is 5.75 Å². The van der Waals surface area contributed by atoms with Crippen molar-refractivity contribution in [1.29, 1.82) is 0 Å². The van der Waals surface area contributed by atoms with Crippen molar-refractivity contribution in [3.63, 3.8) is 0 Å². The van der Waals surface area contributed by atoms with Crippen LogP contribution in [0.1, 0.15) is 20.8 Å². The molecule has 2 aromatic carbocycles. The number of aliphatic hydroxyl groups is 1. The van der Waals surface area contributed by atoms with Gasteiger partial charge in [0.25, 0.3) is 10.0 Å². The summed E-state index contributed by atoms with van der Waals surface area (Å²) in [5.41, 5.74) is -0.640. The Morgan fingerprint density at radius 2 is 1.88 bits per heavy atom. The average molecular weight is 492 g/mol. The zero-order valence-electron chi connectivity index (χ0n) is 18.1. The van der Waals surface area contributed by atoms with Crippen LogP contribution in [0.25, 0.3) is 16.8 Å². The summed E-state index contributed by atoms with van der Waals surface area (Å²) in [6.07, 6.45) is 1.40. The number of rotatable bonds is 7. The van der Waals surface area contributed by atoms with Gasteiger partial charge in [-0.1, -0.05) is 29.8 Å². The number of amides is 1. The van der Waals surface area contributed by atoms with Crippen molar-refractivity contribution in [3.8, 4) is 22.6 Å². The van der Waals surface area contributed by atoms with Gasteiger partial charge in [-0.25, -0.2) is 13.1 Å².